The summed E-state index contributed by atoms with van der Waals surface area (Å²) < 4.78 is 6.19. The topological polar surface area (TPSA) is 109 Å². The molecule has 0 aliphatic carbocycles. The van der Waals surface area contributed by atoms with Gasteiger partial charge in [0.05, 0.1) is 17.9 Å². The van der Waals surface area contributed by atoms with Crippen molar-refractivity contribution in [3.63, 3.8) is 0 Å². The van der Waals surface area contributed by atoms with Crippen LogP contribution in [0.15, 0.2) is 16.6 Å². The third kappa shape index (κ3) is 4.51. The standard InChI is InChI=1S/C18H22N6O3S2/c1-10-7-14(24-5-4-19-15(25)11(24)2)13(8-20-10)16(26)21-17-22-23-18(29-17)28-12-3-6-27-9-12/h7-8,11-12H,3-6,9H2,1-2H3,(H,19,25)(H,21,22,26). The number of nitrogens with zero attached hydrogens (tertiary/aromatic N) is 4. The van der Waals surface area contributed by atoms with Gasteiger partial charge in [-0.15, -0.1) is 10.2 Å². The molecular formula is C18H22N6O3S2. The Morgan fingerprint density at radius 3 is 3.10 bits per heavy atom. The van der Waals surface area contributed by atoms with Crippen LogP contribution in [0.3, 0.4) is 0 Å². The van der Waals surface area contributed by atoms with Crippen molar-refractivity contribution in [3.05, 3.63) is 23.5 Å². The van der Waals surface area contributed by atoms with Crippen LogP contribution in [0.25, 0.3) is 0 Å². The maximum Gasteiger partial charge on any atom is 0.261 e. The number of aromatic nitrogens is 3. The summed E-state index contributed by atoms with van der Waals surface area (Å²) >= 11 is 2.97. The van der Waals surface area contributed by atoms with Gasteiger partial charge in [0, 0.05) is 36.8 Å². The van der Waals surface area contributed by atoms with Crippen molar-refractivity contribution in [1.29, 1.82) is 0 Å². The lowest BCUT2D eigenvalue weighted by Crippen LogP contribution is -2.54. The van der Waals surface area contributed by atoms with Crippen molar-refractivity contribution in [2.24, 2.45) is 0 Å². The van der Waals surface area contributed by atoms with E-state index in [1.165, 1.54) is 11.3 Å². The van der Waals surface area contributed by atoms with Crippen LogP contribution in [0.5, 0.6) is 0 Å². The Hall–Kier alpha value is -2.24. The van der Waals surface area contributed by atoms with Gasteiger partial charge < -0.3 is 15.0 Å². The van der Waals surface area contributed by atoms with E-state index in [2.05, 4.69) is 25.8 Å². The minimum atomic E-state index is -0.365. The third-order valence-corrected chi connectivity index (χ3v) is 7.01. The number of piperazine rings is 1. The molecule has 2 aromatic heterocycles. The summed E-state index contributed by atoms with van der Waals surface area (Å²) in [5, 5.41) is 14.7. The summed E-state index contributed by atoms with van der Waals surface area (Å²) in [6, 6.07) is 1.47. The average molecular weight is 435 g/mol. The van der Waals surface area contributed by atoms with E-state index >= 15 is 0 Å². The van der Waals surface area contributed by atoms with Gasteiger partial charge in [-0.05, 0) is 26.3 Å². The van der Waals surface area contributed by atoms with Gasteiger partial charge in [0.15, 0.2) is 4.34 Å². The third-order valence-electron chi connectivity index (χ3n) is 4.85. The first-order valence-electron chi connectivity index (χ1n) is 9.41. The second-order valence-electron chi connectivity index (χ2n) is 6.93. The van der Waals surface area contributed by atoms with E-state index in [0.717, 1.165) is 23.1 Å². The number of thioether (sulfide) groups is 1. The lowest BCUT2D eigenvalue weighted by molar-refractivity contribution is -0.122. The molecule has 2 N–H and O–H groups in total. The van der Waals surface area contributed by atoms with Crippen LogP contribution >= 0.6 is 23.1 Å². The monoisotopic (exact) mass is 434 g/mol. The number of rotatable bonds is 5. The molecule has 2 aliphatic heterocycles. The molecule has 2 amide bonds. The fraction of sp³-hybridized carbons (Fsp3) is 0.500. The number of hydrogen-bond donors (Lipinski definition) is 2. The van der Waals surface area contributed by atoms with Gasteiger partial charge in [-0.3, -0.25) is 19.9 Å². The summed E-state index contributed by atoms with van der Waals surface area (Å²) in [4.78, 5) is 31.3. The van der Waals surface area contributed by atoms with E-state index in [1.54, 1.807) is 18.0 Å². The number of carbonyl (C=O) groups is 2. The average Bonchev–Trinajstić information content (AvgIpc) is 3.36. The Kier molecular flexibility index (Phi) is 5.97. The normalized spacial score (nSPS) is 21.9. The number of hydrogen-bond acceptors (Lipinski definition) is 9. The molecular weight excluding hydrogens is 412 g/mol. The molecule has 9 nitrogen and oxygen atoms in total. The van der Waals surface area contributed by atoms with Crippen molar-refractivity contribution >= 4 is 45.7 Å². The molecule has 4 rings (SSSR count). The number of pyridine rings is 1. The zero-order valence-electron chi connectivity index (χ0n) is 16.2. The first-order valence-corrected chi connectivity index (χ1v) is 11.1. The lowest BCUT2D eigenvalue weighted by atomic mass is 10.1. The maximum atomic E-state index is 13.0. The van der Waals surface area contributed by atoms with Crippen LogP contribution in [-0.2, 0) is 9.53 Å². The van der Waals surface area contributed by atoms with E-state index in [-0.39, 0.29) is 17.9 Å². The van der Waals surface area contributed by atoms with E-state index in [1.807, 2.05) is 24.8 Å². The predicted molar refractivity (Wildman–Crippen MR) is 112 cm³/mol. The first-order chi connectivity index (χ1) is 14.0. The zero-order valence-corrected chi connectivity index (χ0v) is 17.8. The highest BCUT2D eigenvalue weighted by atomic mass is 32.2. The zero-order chi connectivity index (χ0) is 20.4. The SMILES string of the molecule is Cc1cc(N2CCNC(=O)C2C)c(C(=O)Nc2nnc(SC3CCOC3)s2)cn1. The number of nitrogens with one attached hydrogen (secondary N) is 2. The second-order valence-corrected chi connectivity index (χ2v) is 9.46. The van der Waals surface area contributed by atoms with Gasteiger partial charge in [0.25, 0.3) is 5.91 Å². The summed E-state index contributed by atoms with van der Waals surface area (Å²) in [7, 11) is 0. The second kappa shape index (κ2) is 8.64. The van der Waals surface area contributed by atoms with Crippen molar-refractivity contribution in [2.75, 3.05) is 36.5 Å². The van der Waals surface area contributed by atoms with Crippen LogP contribution in [0.2, 0.25) is 0 Å². The molecule has 2 unspecified atom stereocenters. The molecule has 2 fully saturated rings. The van der Waals surface area contributed by atoms with Gasteiger partial charge in [-0.2, -0.15) is 0 Å². The summed E-state index contributed by atoms with van der Waals surface area (Å²) in [5.74, 6) is -0.374. The van der Waals surface area contributed by atoms with E-state index < -0.39 is 0 Å². The fourth-order valence-corrected chi connectivity index (χ4v) is 5.35. The van der Waals surface area contributed by atoms with Gasteiger partial charge in [0.2, 0.25) is 11.0 Å². The number of aryl methyl sites for hydroxylation is 1. The highest BCUT2D eigenvalue weighted by molar-refractivity contribution is 8.01. The molecule has 0 radical (unpaired) electrons. The Bertz CT molecular complexity index is 915. The van der Waals surface area contributed by atoms with Gasteiger partial charge in [0.1, 0.15) is 6.04 Å². The summed E-state index contributed by atoms with van der Waals surface area (Å²) in [6.07, 6.45) is 2.54. The Morgan fingerprint density at radius 2 is 2.31 bits per heavy atom. The number of amides is 2. The van der Waals surface area contributed by atoms with Crippen LogP contribution in [0.1, 0.15) is 29.4 Å². The minimum Gasteiger partial charge on any atom is -0.380 e. The molecule has 154 valence electrons. The smallest absolute Gasteiger partial charge is 0.261 e. The molecule has 0 bridgehead atoms. The molecule has 0 aromatic carbocycles. The quantitative estimate of drug-likeness (QED) is 0.685. The Labute approximate surface area is 176 Å². The largest absolute Gasteiger partial charge is 0.380 e. The van der Waals surface area contributed by atoms with Crippen LogP contribution in [0, 0.1) is 6.92 Å². The molecule has 11 heteroatoms. The van der Waals surface area contributed by atoms with Crippen LogP contribution in [0.4, 0.5) is 10.8 Å². The minimum absolute atomic E-state index is 0.0567. The van der Waals surface area contributed by atoms with Gasteiger partial charge in [-0.25, -0.2) is 0 Å². The predicted octanol–water partition coefficient (Wildman–Crippen LogP) is 1.70. The molecule has 2 aliphatic rings. The molecule has 2 atom stereocenters. The van der Waals surface area contributed by atoms with Crippen LogP contribution in [-0.4, -0.2) is 64.6 Å². The Balaban J connectivity index is 1.51. The van der Waals surface area contributed by atoms with E-state index in [4.69, 9.17) is 4.74 Å². The summed E-state index contributed by atoms with van der Waals surface area (Å²) in [5.41, 5.74) is 1.88. The molecule has 2 saturated heterocycles. The van der Waals surface area contributed by atoms with Crippen LogP contribution < -0.4 is 15.5 Å². The molecule has 29 heavy (non-hydrogen) atoms. The van der Waals surface area contributed by atoms with E-state index in [0.29, 0.717) is 41.3 Å². The van der Waals surface area contributed by atoms with Crippen molar-refractivity contribution in [2.45, 2.75) is 35.9 Å². The lowest BCUT2D eigenvalue weighted by Gasteiger charge is -2.35. The van der Waals surface area contributed by atoms with Crippen molar-refractivity contribution in [3.8, 4) is 0 Å². The molecule has 2 aromatic rings. The Morgan fingerprint density at radius 1 is 1.45 bits per heavy atom. The summed E-state index contributed by atoms with van der Waals surface area (Å²) in [6.45, 7) is 6.34. The van der Waals surface area contributed by atoms with E-state index in [9.17, 15) is 9.59 Å². The first kappa shape index (κ1) is 20.0. The fourth-order valence-electron chi connectivity index (χ4n) is 3.29. The highest BCUT2D eigenvalue weighted by Crippen LogP contribution is 2.33. The van der Waals surface area contributed by atoms with Crippen molar-refractivity contribution < 1.29 is 14.3 Å². The molecule has 4 heterocycles. The number of ether oxygens (including phenoxy) is 1. The maximum absolute atomic E-state index is 13.0. The highest BCUT2D eigenvalue weighted by Gasteiger charge is 2.29. The molecule has 0 spiro atoms. The van der Waals surface area contributed by atoms with Gasteiger partial charge in [-0.1, -0.05) is 23.1 Å². The van der Waals surface area contributed by atoms with Crippen molar-refractivity contribution in [1.82, 2.24) is 20.5 Å². The van der Waals surface area contributed by atoms with Gasteiger partial charge >= 0.3 is 0 Å². The number of carbonyl (C=O) groups excluding carboxylic acids is 2. The molecule has 0 saturated carbocycles. The number of anilines is 2.